The highest BCUT2D eigenvalue weighted by molar-refractivity contribution is 5.64. The Labute approximate surface area is 116 Å². The fourth-order valence-corrected chi connectivity index (χ4v) is 3.02. The molecule has 1 aromatic heterocycles. The molecule has 4 heteroatoms. The van der Waals surface area contributed by atoms with Gasteiger partial charge in [0.1, 0.15) is 5.82 Å². The first-order chi connectivity index (χ1) is 9.11. The lowest BCUT2D eigenvalue weighted by Gasteiger charge is -2.26. The number of nitrogens with one attached hydrogen (secondary N) is 1. The SMILES string of the molecule is CCn1nc(C)c(N)c1NCCC1CCC(C)CC1. The predicted molar refractivity (Wildman–Crippen MR) is 81.3 cm³/mol. The Morgan fingerprint density at radius 2 is 2.00 bits per heavy atom. The molecule has 1 saturated carbocycles. The van der Waals surface area contributed by atoms with Crippen LogP contribution < -0.4 is 11.1 Å². The number of anilines is 2. The molecule has 0 bridgehead atoms. The average molecular weight is 264 g/mol. The zero-order chi connectivity index (χ0) is 13.8. The molecule has 0 spiro atoms. The van der Waals surface area contributed by atoms with Crippen molar-refractivity contribution >= 4 is 11.5 Å². The van der Waals surface area contributed by atoms with Gasteiger partial charge in [-0.2, -0.15) is 5.10 Å². The first-order valence-electron chi connectivity index (χ1n) is 7.68. The molecule has 1 heterocycles. The minimum Gasteiger partial charge on any atom is -0.394 e. The molecular weight excluding hydrogens is 236 g/mol. The summed E-state index contributed by atoms with van der Waals surface area (Å²) in [7, 11) is 0. The van der Waals surface area contributed by atoms with E-state index in [2.05, 4.69) is 24.3 Å². The third-order valence-electron chi connectivity index (χ3n) is 4.45. The van der Waals surface area contributed by atoms with Crippen LogP contribution in [0.4, 0.5) is 11.5 Å². The molecular formula is C15H28N4. The lowest BCUT2D eigenvalue weighted by Crippen LogP contribution is -2.17. The second kappa shape index (κ2) is 6.31. The van der Waals surface area contributed by atoms with Crippen molar-refractivity contribution in [2.75, 3.05) is 17.6 Å². The second-order valence-corrected chi connectivity index (χ2v) is 6.00. The Bertz CT molecular complexity index is 403. The van der Waals surface area contributed by atoms with Gasteiger partial charge in [-0.15, -0.1) is 0 Å². The summed E-state index contributed by atoms with van der Waals surface area (Å²) in [5, 5.41) is 7.92. The Kier molecular flexibility index (Phi) is 4.72. The molecule has 0 amide bonds. The second-order valence-electron chi connectivity index (χ2n) is 6.00. The standard InChI is InChI=1S/C15H28N4/c1-4-19-15(14(16)12(3)18-19)17-10-9-13-7-5-11(2)6-8-13/h11,13,17H,4-10,16H2,1-3H3. The van der Waals surface area contributed by atoms with Gasteiger partial charge in [0, 0.05) is 13.1 Å². The van der Waals surface area contributed by atoms with Gasteiger partial charge < -0.3 is 11.1 Å². The fourth-order valence-electron chi connectivity index (χ4n) is 3.02. The van der Waals surface area contributed by atoms with E-state index in [1.54, 1.807) is 0 Å². The molecule has 1 aliphatic carbocycles. The van der Waals surface area contributed by atoms with Crippen molar-refractivity contribution in [1.29, 1.82) is 0 Å². The minimum atomic E-state index is 0.805. The molecule has 108 valence electrons. The number of nitrogen functional groups attached to an aromatic ring is 1. The van der Waals surface area contributed by atoms with Crippen molar-refractivity contribution in [3.8, 4) is 0 Å². The van der Waals surface area contributed by atoms with Crippen LogP contribution in [-0.4, -0.2) is 16.3 Å². The lowest BCUT2D eigenvalue weighted by molar-refractivity contribution is 0.281. The first-order valence-corrected chi connectivity index (χ1v) is 7.68. The molecule has 0 aliphatic heterocycles. The zero-order valence-electron chi connectivity index (χ0n) is 12.6. The fraction of sp³-hybridized carbons (Fsp3) is 0.800. The molecule has 3 N–H and O–H groups in total. The largest absolute Gasteiger partial charge is 0.394 e. The average Bonchev–Trinajstić information content (AvgIpc) is 2.68. The van der Waals surface area contributed by atoms with Gasteiger partial charge in [-0.05, 0) is 32.1 Å². The van der Waals surface area contributed by atoms with Crippen LogP contribution in [0.3, 0.4) is 0 Å². The van der Waals surface area contributed by atoms with E-state index in [4.69, 9.17) is 5.73 Å². The quantitative estimate of drug-likeness (QED) is 0.856. The summed E-state index contributed by atoms with van der Waals surface area (Å²) in [4.78, 5) is 0. The third-order valence-corrected chi connectivity index (χ3v) is 4.45. The summed E-state index contributed by atoms with van der Waals surface area (Å²) in [6.45, 7) is 8.31. The van der Waals surface area contributed by atoms with E-state index < -0.39 is 0 Å². The van der Waals surface area contributed by atoms with Crippen molar-refractivity contribution in [3.63, 3.8) is 0 Å². The van der Waals surface area contributed by atoms with Crippen LogP contribution in [0.2, 0.25) is 0 Å². The van der Waals surface area contributed by atoms with Gasteiger partial charge in [-0.3, -0.25) is 0 Å². The van der Waals surface area contributed by atoms with Gasteiger partial charge in [-0.1, -0.05) is 32.6 Å². The van der Waals surface area contributed by atoms with E-state index >= 15 is 0 Å². The summed E-state index contributed by atoms with van der Waals surface area (Å²) in [5.74, 6) is 2.83. The van der Waals surface area contributed by atoms with Crippen LogP contribution in [-0.2, 0) is 6.54 Å². The number of hydrogen-bond donors (Lipinski definition) is 2. The van der Waals surface area contributed by atoms with E-state index in [1.165, 1.54) is 32.1 Å². The Balaban J connectivity index is 1.82. The van der Waals surface area contributed by atoms with Crippen LogP contribution >= 0.6 is 0 Å². The topological polar surface area (TPSA) is 55.9 Å². The molecule has 0 aromatic carbocycles. The van der Waals surface area contributed by atoms with Crippen molar-refractivity contribution < 1.29 is 0 Å². The maximum Gasteiger partial charge on any atom is 0.148 e. The van der Waals surface area contributed by atoms with Gasteiger partial charge in [0.05, 0.1) is 11.4 Å². The smallest absolute Gasteiger partial charge is 0.148 e. The Hall–Kier alpha value is -1.19. The van der Waals surface area contributed by atoms with E-state index in [9.17, 15) is 0 Å². The molecule has 0 radical (unpaired) electrons. The van der Waals surface area contributed by atoms with Crippen molar-refractivity contribution in [2.45, 2.75) is 59.4 Å². The molecule has 1 aromatic rings. The predicted octanol–water partition coefficient (Wildman–Crippen LogP) is 3.42. The first kappa shape index (κ1) is 14.2. The molecule has 1 aliphatic rings. The van der Waals surface area contributed by atoms with Gasteiger partial charge in [0.25, 0.3) is 0 Å². The minimum absolute atomic E-state index is 0.805. The summed E-state index contributed by atoms with van der Waals surface area (Å²) < 4.78 is 1.97. The zero-order valence-corrected chi connectivity index (χ0v) is 12.6. The molecule has 0 saturated heterocycles. The van der Waals surface area contributed by atoms with E-state index in [-0.39, 0.29) is 0 Å². The van der Waals surface area contributed by atoms with Crippen molar-refractivity contribution in [3.05, 3.63) is 5.69 Å². The van der Waals surface area contributed by atoms with Crippen molar-refractivity contribution in [1.82, 2.24) is 9.78 Å². The normalized spacial score (nSPS) is 23.5. The number of aromatic nitrogens is 2. The summed E-state index contributed by atoms with van der Waals surface area (Å²) in [6.07, 6.45) is 6.84. The van der Waals surface area contributed by atoms with Crippen LogP contribution in [0.25, 0.3) is 0 Å². The van der Waals surface area contributed by atoms with Gasteiger partial charge >= 0.3 is 0 Å². The maximum absolute atomic E-state index is 6.07. The molecule has 2 rings (SSSR count). The molecule has 4 nitrogen and oxygen atoms in total. The number of rotatable bonds is 5. The van der Waals surface area contributed by atoms with Gasteiger partial charge in [-0.25, -0.2) is 4.68 Å². The highest BCUT2D eigenvalue weighted by atomic mass is 15.3. The van der Waals surface area contributed by atoms with E-state index in [1.807, 2.05) is 11.6 Å². The lowest BCUT2D eigenvalue weighted by atomic mass is 9.81. The van der Waals surface area contributed by atoms with E-state index in [0.29, 0.717) is 0 Å². The maximum atomic E-state index is 6.07. The summed E-state index contributed by atoms with van der Waals surface area (Å²) in [5.41, 5.74) is 7.80. The van der Waals surface area contributed by atoms with Gasteiger partial charge in [0.15, 0.2) is 0 Å². The summed E-state index contributed by atoms with van der Waals surface area (Å²) >= 11 is 0. The number of nitrogens with two attached hydrogens (primary N) is 1. The Morgan fingerprint density at radius 1 is 1.32 bits per heavy atom. The number of aryl methyl sites for hydroxylation is 2. The monoisotopic (exact) mass is 264 g/mol. The third kappa shape index (κ3) is 3.43. The van der Waals surface area contributed by atoms with E-state index in [0.717, 1.165) is 42.1 Å². The molecule has 19 heavy (non-hydrogen) atoms. The van der Waals surface area contributed by atoms with Crippen LogP contribution in [0, 0.1) is 18.8 Å². The molecule has 1 fully saturated rings. The van der Waals surface area contributed by atoms with Crippen molar-refractivity contribution in [2.24, 2.45) is 11.8 Å². The summed E-state index contributed by atoms with van der Waals surface area (Å²) in [6, 6.07) is 0. The number of hydrogen-bond acceptors (Lipinski definition) is 3. The van der Waals surface area contributed by atoms with Crippen LogP contribution in [0.5, 0.6) is 0 Å². The molecule has 0 atom stereocenters. The molecule has 0 unspecified atom stereocenters. The highest BCUT2D eigenvalue weighted by Crippen LogP contribution is 2.30. The highest BCUT2D eigenvalue weighted by Gasteiger charge is 2.18. The van der Waals surface area contributed by atoms with Gasteiger partial charge in [0.2, 0.25) is 0 Å². The van der Waals surface area contributed by atoms with Crippen LogP contribution in [0.1, 0.15) is 51.6 Å². The Morgan fingerprint density at radius 3 is 2.63 bits per heavy atom. The van der Waals surface area contributed by atoms with Crippen LogP contribution in [0.15, 0.2) is 0 Å². The number of nitrogens with zero attached hydrogens (tertiary/aromatic N) is 2.